The van der Waals surface area contributed by atoms with Crippen LogP contribution in [0.2, 0.25) is 0 Å². The molecule has 0 unspecified atom stereocenters. The number of benzene rings is 2. The van der Waals surface area contributed by atoms with E-state index in [1.807, 2.05) is 0 Å². The van der Waals surface area contributed by atoms with E-state index < -0.39 is 16.0 Å². The zero-order valence-electron chi connectivity index (χ0n) is 14.9. The fourth-order valence-corrected chi connectivity index (χ4v) is 5.15. The van der Waals surface area contributed by atoms with Crippen LogP contribution >= 0.6 is 15.9 Å². The van der Waals surface area contributed by atoms with E-state index in [9.17, 15) is 13.2 Å². The van der Waals surface area contributed by atoms with Gasteiger partial charge < -0.3 is 14.2 Å². The number of sulfonamides is 1. The van der Waals surface area contributed by atoms with Crippen LogP contribution in [0.5, 0.6) is 11.5 Å². The number of ether oxygens (including phenoxy) is 3. The van der Waals surface area contributed by atoms with E-state index in [0.717, 1.165) is 10.0 Å². The third-order valence-corrected chi connectivity index (χ3v) is 7.15. The van der Waals surface area contributed by atoms with Crippen molar-refractivity contribution in [1.29, 1.82) is 0 Å². The molecule has 0 radical (unpaired) electrons. The van der Waals surface area contributed by atoms with Gasteiger partial charge in [0.2, 0.25) is 10.0 Å². The number of rotatable bonds is 4. The largest absolute Gasteiger partial charge is 0.486 e. The van der Waals surface area contributed by atoms with Gasteiger partial charge in [0.05, 0.1) is 17.0 Å². The van der Waals surface area contributed by atoms with Gasteiger partial charge in [-0.25, -0.2) is 13.2 Å². The molecular formula is C19H18BrNO6S. The summed E-state index contributed by atoms with van der Waals surface area (Å²) in [4.78, 5) is 12.5. The van der Waals surface area contributed by atoms with Gasteiger partial charge in [-0.15, -0.1) is 0 Å². The van der Waals surface area contributed by atoms with Crippen molar-refractivity contribution in [2.24, 2.45) is 0 Å². The number of esters is 1. The van der Waals surface area contributed by atoms with Crippen LogP contribution in [0.1, 0.15) is 22.3 Å². The fraction of sp³-hybridized carbons (Fsp3) is 0.316. The third-order valence-electron chi connectivity index (χ3n) is 4.54. The van der Waals surface area contributed by atoms with Crippen molar-refractivity contribution >= 4 is 37.6 Å². The van der Waals surface area contributed by atoms with Crippen molar-refractivity contribution in [3.8, 4) is 11.5 Å². The summed E-state index contributed by atoms with van der Waals surface area (Å²) in [6, 6.07) is 10.0. The van der Waals surface area contributed by atoms with Crippen LogP contribution in [0.25, 0.3) is 0 Å². The van der Waals surface area contributed by atoms with Gasteiger partial charge in [0.15, 0.2) is 11.5 Å². The second-order valence-electron chi connectivity index (χ2n) is 6.46. The zero-order valence-corrected chi connectivity index (χ0v) is 17.3. The van der Waals surface area contributed by atoms with Crippen molar-refractivity contribution in [2.75, 3.05) is 29.8 Å². The maximum atomic E-state index is 12.5. The number of carbonyl (C=O) groups is 1. The van der Waals surface area contributed by atoms with Crippen molar-refractivity contribution in [3.05, 3.63) is 52.0 Å². The lowest BCUT2D eigenvalue weighted by Gasteiger charge is -2.20. The number of hydrogen-bond acceptors (Lipinski definition) is 6. The number of fused-ring (bicyclic) bond motifs is 1. The molecule has 0 spiro atoms. The third kappa shape index (κ3) is 3.81. The molecule has 9 heteroatoms. The van der Waals surface area contributed by atoms with E-state index in [-0.39, 0.29) is 12.4 Å². The molecular weight excluding hydrogens is 450 g/mol. The van der Waals surface area contributed by atoms with Crippen LogP contribution < -0.4 is 13.8 Å². The summed E-state index contributed by atoms with van der Waals surface area (Å²) >= 11 is 3.45. The van der Waals surface area contributed by atoms with Gasteiger partial charge in [-0.2, -0.15) is 0 Å². The molecule has 2 aromatic rings. The number of nitrogens with zero attached hydrogens (tertiary/aromatic N) is 1. The Kier molecular flexibility index (Phi) is 5.20. The van der Waals surface area contributed by atoms with Gasteiger partial charge in [0.1, 0.15) is 19.8 Å². The molecule has 2 aliphatic heterocycles. The minimum absolute atomic E-state index is 0.0439. The average Bonchev–Trinajstić information content (AvgIpc) is 3.05. The minimum Gasteiger partial charge on any atom is -0.486 e. The smallest absolute Gasteiger partial charge is 0.338 e. The van der Waals surface area contributed by atoms with Gasteiger partial charge >= 0.3 is 5.97 Å². The van der Waals surface area contributed by atoms with Crippen LogP contribution in [0.15, 0.2) is 40.9 Å². The average molecular weight is 468 g/mol. The predicted molar refractivity (Wildman–Crippen MR) is 106 cm³/mol. The lowest BCUT2D eigenvalue weighted by molar-refractivity contribution is 0.0471. The normalized spacial score (nSPS) is 17.4. The Bertz CT molecular complexity index is 1020. The summed E-state index contributed by atoms with van der Waals surface area (Å²) in [5, 5.41) is 0. The maximum Gasteiger partial charge on any atom is 0.338 e. The summed E-state index contributed by atoms with van der Waals surface area (Å²) in [6.07, 6.45) is 0.579. The number of halogens is 1. The molecule has 2 aromatic carbocycles. The highest BCUT2D eigenvalue weighted by atomic mass is 79.9. The lowest BCUT2D eigenvalue weighted by atomic mass is 10.2. The zero-order chi connectivity index (χ0) is 19.7. The van der Waals surface area contributed by atoms with E-state index in [4.69, 9.17) is 14.2 Å². The Hall–Kier alpha value is -2.26. The van der Waals surface area contributed by atoms with Gasteiger partial charge in [-0.1, -0.05) is 22.0 Å². The van der Waals surface area contributed by atoms with Crippen LogP contribution in [0.4, 0.5) is 5.69 Å². The topological polar surface area (TPSA) is 82.1 Å². The summed E-state index contributed by atoms with van der Waals surface area (Å²) in [5.74, 6) is 0.856. The highest BCUT2D eigenvalue weighted by Crippen LogP contribution is 2.36. The van der Waals surface area contributed by atoms with E-state index >= 15 is 0 Å². The molecule has 0 amide bonds. The van der Waals surface area contributed by atoms with Crippen LogP contribution in [0.3, 0.4) is 0 Å². The Morgan fingerprint density at radius 3 is 2.61 bits per heavy atom. The van der Waals surface area contributed by atoms with Gasteiger partial charge in [-0.05, 0) is 36.8 Å². The van der Waals surface area contributed by atoms with Crippen LogP contribution in [-0.4, -0.2) is 39.9 Å². The van der Waals surface area contributed by atoms with E-state index in [2.05, 4.69) is 15.9 Å². The minimum atomic E-state index is -3.30. The summed E-state index contributed by atoms with van der Waals surface area (Å²) in [6.45, 7) is 1.43. The molecule has 7 nitrogen and oxygen atoms in total. The summed E-state index contributed by atoms with van der Waals surface area (Å²) in [7, 11) is -3.30. The Balaban J connectivity index is 1.48. The first-order valence-electron chi connectivity index (χ1n) is 8.80. The molecule has 1 fully saturated rings. The first kappa shape index (κ1) is 19.1. The second-order valence-corrected chi connectivity index (χ2v) is 9.32. The first-order valence-corrected chi connectivity index (χ1v) is 11.2. The molecule has 1 saturated heterocycles. The number of hydrogen-bond donors (Lipinski definition) is 0. The van der Waals surface area contributed by atoms with Crippen LogP contribution in [-0.2, 0) is 21.4 Å². The maximum absolute atomic E-state index is 12.5. The number of carbonyl (C=O) groups excluding carboxylic acids is 1. The first-order chi connectivity index (χ1) is 13.4. The van der Waals surface area contributed by atoms with Gasteiger partial charge in [0.25, 0.3) is 0 Å². The standard InChI is InChI=1S/C19H18BrNO6S/c20-16-11-18-17(25-6-7-26-18)10-14(16)12-27-19(22)13-3-1-4-15(9-13)21-5-2-8-28(21,23)24/h1,3-4,9-11H,2,5-8,12H2. The molecule has 0 atom stereocenters. The second kappa shape index (κ2) is 7.63. The fourth-order valence-electron chi connectivity index (χ4n) is 3.16. The predicted octanol–water partition coefficient (Wildman–Crippen LogP) is 3.12. The molecule has 0 N–H and O–H groups in total. The van der Waals surface area contributed by atoms with E-state index in [0.29, 0.717) is 48.9 Å². The van der Waals surface area contributed by atoms with Crippen molar-refractivity contribution < 1.29 is 27.4 Å². The SMILES string of the molecule is O=C(OCc1cc2c(cc1Br)OCCO2)c1cccc(N2CCCS2(=O)=O)c1. The molecule has 0 bridgehead atoms. The van der Waals surface area contributed by atoms with Crippen molar-refractivity contribution in [2.45, 2.75) is 13.0 Å². The number of anilines is 1. The van der Waals surface area contributed by atoms with E-state index in [1.54, 1.807) is 36.4 Å². The van der Waals surface area contributed by atoms with Crippen molar-refractivity contribution in [1.82, 2.24) is 0 Å². The molecule has 28 heavy (non-hydrogen) atoms. The lowest BCUT2D eigenvalue weighted by Crippen LogP contribution is -2.25. The molecule has 0 saturated carbocycles. The molecule has 4 rings (SSSR count). The van der Waals surface area contributed by atoms with Gasteiger partial charge in [-0.3, -0.25) is 4.31 Å². The molecule has 0 aromatic heterocycles. The highest BCUT2D eigenvalue weighted by Gasteiger charge is 2.28. The Morgan fingerprint density at radius 1 is 1.14 bits per heavy atom. The van der Waals surface area contributed by atoms with Gasteiger partial charge in [0, 0.05) is 16.6 Å². The molecule has 148 valence electrons. The summed E-state index contributed by atoms with van der Waals surface area (Å²) in [5.41, 5.74) is 1.52. The van der Waals surface area contributed by atoms with Crippen LogP contribution in [0, 0.1) is 0 Å². The Morgan fingerprint density at radius 2 is 1.89 bits per heavy atom. The molecule has 2 aliphatic rings. The monoisotopic (exact) mass is 467 g/mol. The highest BCUT2D eigenvalue weighted by molar-refractivity contribution is 9.10. The van der Waals surface area contributed by atoms with Crippen molar-refractivity contribution in [3.63, 3.8) is 0 Å². The molecule has 0 aliphatic carbocycles. The summed E-state index contributed by atoms with van der Waals surface area (Å²) < 4.78 is 42.8. The Labute approximate surface area is 171 Å². The quantitative estimate of drug-likeness (QED) is 0.642. The molecule has 2 heterocycles. The van der Waals surface area contributed by atoms with E-state index in [1.165, 1.54) is 4.31 Å².